The predicted molar refractivity (Wildman–Crippen MR) is 0 cm³/mol. The average Bonchev–Trinajstić information content (AvgIpc) is 0. The van der Waals surface area contributed by atoms with E-state index in [1.165, 1.54) is 0 Å². The molecular formula is CuNbTiV. The third-order valence-corrected chi connectivity index (χ3v) is 0. The third kappa shape index (κ3) is 8.82. The zero-order valence-corrected chi connectivity index (χ0v) is 7.79. The first kappa shape index (κ1) is 31.0. The van der Waals surface area contributed by atoms with Crippen molar-refractivity contribution in [2.75, 3.05) is 0 Å². The molecule has 0 amide bonds. The van der Waals surface area contributed by atoms with Crippen molar-refractivity contribution < 1.29 is 79.7 Å². The van der Waals surface area contributed by atoms with E-state index in [0.717, 1.165) is 0 Å². The SMILES string of the molecule is [Cu].[Nb].[Ti].[V]. The molecule has 0 aliphatic carbocycles. The number of hydrogen-bond donors (Lipinski definition) is 0. The van der Waals surface area contributed by atoms with E-state index in [1.54, 1.807) is 0 Å². The summed E-state index contributed by atoms with van der Waals surface area (Å²) in [5.41, 5.74) is 0. The van der Waals surface area contributed by atoms with E-state index in [9.17, 15) is 0 Å². The second-order valence-corrected chi connectivity index (χ2v) is 0. The first-order valence-corrected chi connectivity index (χ1v) is 0. The van der Waals surface area contributed by atoms with Gasteiger partial charge in [0.25, 0.3) is 0 Å². The van der Waals surface area contributed by atoms with Crippen molar-refractivity contribution in [2.45, 2.75) is 0 Å². The van der Waals surface area contributed by atoms with Crippen LogP contribution in [-0.2, 0) is 79.7 Å². The van der Waals surface area contributed by atoms with Gasteiger partial charge in [-0.05, 0) is 0 Å². The van der Waals surface area contributed by atoms with Crippen LogP contribution in [0.2, 0.25) is 0 Å². The minimum atomic E-state index is 0. The summed E-state index contributed by atoms with van der Waals surface area (Å²) in [6.07, 6.45) is 0. The standard InChI is InChI=1S/Cu.Nb.Ti.V. The van der Waals surface area contributed by atoms with Crippen LogP contribution in [0.5, 0.6) is 0 Å². The van der Waals surface area contributed by atoms with Gasteiger partial charge in [-0.3, -0.25) is 0 Å². The molecule has 0 spiro atoms. The van der Waals surface area contributed by atoms with Crippen LogP contribution in [0.1, 0.15) is 0 Å². The fourth-order valence-electron chi connectivity index (χ4n) is 0. The molecule has 0 heterocycles. The first-order chi connectivity index (χ1) is 0. The van der Waals surface area contributed by atoms with Crippen LogP contribution < -0.4 is 0 Å². The Bertz CT molecular complexity index is 8.00. The van der Waals surface area contributed by atoms with Gasteiger partial charge in [-0.2, -0.15) is 0 Å². The van der Waals surface area contributed by atoms with E-state index >= 15 is 0 Å². The molecule has 0 aliphatic heterocycles. The van der Waals surface area contributed by atoms with Gasteiger partial charge in [0.05, 0.1) is 0 Å². The van der Waals surface area contributed by atoms with Crippen molar-refractivity contribution in [1.82, 2.24) is 0 Å². The molecule has 0 rings (SSSR count). The van der Waals surface area contributed by atoms with E-state index in [4.69, 9.17) is 0 Å². The van der Waals surface area contributed by atoms with Crippen LogP contribution in [-0.4, -0.2) is 0 Å². The van der Waals surface area contributed by atoms with Crippen LogP contribution in [0.25, 0.3) is 0 Å². The molecule has 0 bridgehead atoms. The molecule has 3 radical (unpaired) electrons. The summed E-state index contributed by atoms with van der Waals surface area (Å²) in [5, 5.41) is 0. The van der Waals surface area contributed by atoms with E-state index in [1.807, 2.05) is 0 Å². The van der Waals surface area contributed by atoms with Crippen LogP contribution >= 0.6 is 0 Å². The van der Waals surface area contributed by atoms with Crippen molar-refractivity contribution in [3.8, 4) is 0 Å². The summed E-state index contributed by atoms with van der Waals surface area (Å²) in [6, 6.07) is 0. The molecule has 4 heavy (non-hydrogen) atoms. The van der Waals surface area contributed by atoms with E-state index in [2.05, 4.69) is 0 Å². The van der Waals surface area contributed by atoms with Gasteiger partial charge >= 0.3 is 0 Å². The minimum Gasteiger partial charge on any atom is 0 e. The molecule has 0 aromatic rings. The predicted octanol–water partition coefficient (Wildman–Crippen LogP) is -0.0100. The third-order valence-electron chi connectivity index (χ3n) is 0. The maximum atomic E-state index is 0. The van der Waals surface area contributed by atoms with Gasteiger partial charge in [0.2, 0.25) is 0 Å². The maximum Gasteiger partial charge on any atom is 0 e. The molecule has 0 aliphatic rings. The Kier molecular flexibility index (Phi) is 137. The molecule has 4 heteroatoms. The van der Waals surface area contributed by atoms with E-state index in [0.29, 0.717) is 0 Å². The van der Waals surface area contributed by atoms with Gasteiger partial charge in [-0.25, -0.2) is 0 Å². The van der Waals surface area contributed by atoms with Gasteiger partial charge in [-0.15, -0.1) is 0 Å². The van der Waals surface area contributed by atoms with Gasteiger partial charge in [0, 0.05) is 79.7 Å². The number of hydrogen-bond acceptors (Lipinski definition) is 0. The Morgan fingerprint density at radius 2 is 1.00 bits per heavy atom. The number of rotatable bonds is 0. The molecule has 25 valence electrons. The molecule has 0 fully saturated rings. The second-order valence-electron chi connectivity index (χ2n) is 0. The molecule has 0 nitrogen and oxygen atoms in total. The Morgan fingerprint density at radius 1 is 1.00 bits per heavy atom. The minimum absolute atomic E-state index is 0. The second kappa shape index (κ2) is 17.6. The van der Waals surface area contributed by atoms with Gasteiger partial charge in [0.1, 0.15) is 0 Å². The average molecular weight is 255 g/mol. The monoisotopic (exact) mass is 255 g/mol. The van der Waals surface area contributed by atoms with E-state index < -0.39 is 0 Å². The topological polar surface area (TPSA) is 0 Å². The molecule has 0 atom stereocenters. The Labute approximate surface area is 78.6 Å². The fourth-order valence-corrected chi connectivity index (χ4v) is 0. The first-order valence-electron chi connectivity index (χ1n) is 0. The molecular weight excluding hydrogens is 255 g/mol. The van der Waals surface area contributed by atoms with Crippen LogP contribution in [0.15, 0.2) is 0 Å². The van der Waals surface area contributed by atoms with Crippen molar-refractivity contribution in [3.63, 3.8) is 0 Å². The van der Waals surface area contributed by atoms with Crippen molar-refractivity contribution in [1.29, 1.82) is 0 Å². The summed E-state index contributed by atoms with van der Waals surface area (Å²) < 4.78 is 0. The normalized spacial score (nSPS) is 0. The van der Waals surface area contributed by atoms with Gasteiger partial charge in [-0.1, -0.05) is 0 Å². The largest absolute Gasteiger partial charge is 0 e. The van der Waals surface area contributed by atoms with Crippen molar-refractivity contribution in [3.05, 3.63) is 0 Å². The molecule has 0 N–H and O–H groups in total. The van der Waals surface area contributed by atoms with E-state index in [-0.39, 0.29) is 79.7 Å². The molecule has 0 unspecified atom stereocenters. The summed E-state index contributed by atoms with van der Waals surface area (Å²) in [4.78, 5) is 0. The fraction of sp³-hybridized carbons (Fsp3) is 0. The Balaban J connectivity index is 0. The quantitative estimate of drug-likeness (QED) is 0.534. The maximum absolute atomic E-state index is 0. The summed E-state index contributed by atoms with van der Waals surface area (Å²) >= 11 is 0. The molecule has 0 aromatic carbocycles. The van der Waals surface area contributed by atoms with Crippen molar-refractivity contribution in [2.24, 2.45) is 0 Å². The summed E-state index contributed by atoms with van der Waals surface area (Å²) in [6.45, 7) is 0. The smallest absolute Gasteiger partial charge is 0 e. The summed E-state index contributed by atoms with van der Waals surface area (Å²) in [5.74, 6) is 0. The molecule has 0 aromatic heterocycles. The summed E-state index contributed by atoms with van der Waals surface area (Å²) in [7, 11) is 0. The van der Waals surface area contributed by atoms with Crippen LogP contribution in [0.4, 0.5) is 0 Å². The molecule has 0 saturated heterocycles. The van der Waals surface area contributed by atoms with Crippen LogP contribution in [0.3, 0.4) is 0 Å². The van der Waals surface area contributed by atoms with Crippen LogP contribution in [0, 0.1) is 0 Å². The van der Waals surface area contributed by atoms with Gasteiger partial charge in [0.15, 0.2) is 0 Å². The zero-order valence-electron chi connectivity index (χ0n) is 1.70. The molecule has 0 saturated carbocycles. The Hall–Kier alpha value is 2.56. The Morgan fingerprint density at radius 3 is 1.00 bits per heavy atom. The van der Waals surface area contributed by atoms with Crippen molar-refractivity contribution >= 4 is 0 Å². The zero-order chi connectivity index (χ0) is 0. The van der Waals surface area contributed by atoms with Gasteiger partial charge < -0.3 is 0 Å².